The third-order valence-corrected chi connectivity index (χ3v) is 3.38. The monoisotopic (exact) mass is 222 g/mol. The molecule has 2 N–H and O–H groups in total. The molecule has 0 radical (unpaired) electrons. The van der Waals surface area contributed by atoms with Crippen molar-refractivity contribution >= 4 is 5.69 Å². The maximum absolute atomic E-state index is 13.3. The van der Waals surface area contributed by atoms with Gasteiger partial charge < -0.3 is 10.6 Å². The van der Waals surface area contributed by atoms with Gasteiger partial charge in [-0.1, -0.05) is 6.42 Å². The average Bonchev–Trinajstić information content (AvgIpc) is 2.22. The van der Waals surface area contributed by atoms with Crippen LogP contribution in [0.1, 0.15) is 24.8 Å². The molecule has 1 aliphatic carbocycles. The van der Waals surface area contributed by atoms with E-state index in [-0.39, 0.29) is 5.82 Å². The molecule has 0 saturated heterocycles. The van der Waals surface area contributed by atoms with Crippen molar-refractivity contribution in [1.29, 1.82) is 0 Å². The van der Waals surface area contributed by atoms with E-state index in [4.69, 9.17) is 5.73 Å². The van der Waals surface area contributed by atoms with Gasteiger partial charge in [-0.05, 0) is 42.5 Å². The Bertz CT molecular complexity index is 361. The van der Waals surface area contributed by atoms with Crippen LogP contribution < -0.4 is 10.6 Å². The zero-order valence-electron chi connectivity index (χ0n) is 9.75. The molecule has 2 rings (SSSR count). The summed E-state index contributed by atoms with van der Waals surface area (Å²) in [6, 6.07) is 5.06. The average molecular weight is 222 g/mol. The molecule has 0 unspecified atom stereocenters. The van der Waals surface area contributed by atoms with E-state index in [0.717, 1.165) is 23.7 Å². The molecule has 2 nitrogen and oxygen atoms in total. The van der Waals surface area contributed by atoms with Crippen LogP contribution in [0.2, 0.25) is 0 Å². The summed E-state index contributed by atoms with van der Waals surface area (Å²) in [5.41, 5.74) is 7.34. The molecule has 0 heterocycles. The Labute approximate surface area is 96.2 Å². The van der Waals surface area contributed by atoms with Gasteiger partial charge in [0.2, 0.25) is 0 Å². The molecule has 1 saturated carbocycles. The van der Waals surface area contributed by atoms with Gasteiger partial charge in [0.1, 0.15) is 5.82 Å². The molecule has 0 amide bonds. The maximum Gasteiger partial charge on any atom is 0.125 e. The number of hydrogen-bond acceptors (Lipinski definition) is 2. The molecule has 0 bridgehead atoms. The summed E-state index contributed by atoms with van der Waals surface area (Å²) in [6.07, 6.45) is 3.96. The Balaban J connectivity index is 2.08. The van der Waals surface area contributed by atoms with Crippen LogP contribution in [0.25, 0.3) is 0 Å². The molecule has 1 aliphatic rings. The Morgan fingerprint density at radius 2 is 2.12 bits per heavy atom. The minimum Gasteiger partial charge on any atom is -0.374 e. The van der Waals surface area contributed by atoms with Crippen LogP contribution >= 0.6 is 0 Å². The molecule has 0 aliphatic heterocycles. The second kappa shape index (κ2) is 4.83. The smallest absolute Gasteiger partial charge is 0.125 e. The van der Waals surface area contributed by atoms with E-state index in [9.17, 15) is 4.39 Å². The van der Waals surface area contributed by atoms with E-state index in [2.05, 4.69) is 4.90 Å². The van der Waals surface area contributed by atoms with Gasteiger partial charge in [0.25, 0.3) is 0 Å². The zero-order chi connectivity index (χ0) is 11.5. The summed E-state index contributed by atoms with van der Waals surface area (Å²) >= 11 is 0. The minimum absolute atomic E-state index is 0.196. The van der Waals surface area contributed by atoms with E-state index in [1.54, 1.807) is 6.07 Å². The number of nitrogens with two attached hydrogens (primary N) is 1. The van der Waals surface area contributed by atoms with Crippen molar-refractivity contribution < 1.29 is 4.39 Å². The van der Waals surface area contributed by atoms with Gasteiger partial charge in [-0.15, -0.1) is 0 Å². The molecule has 1 aromatic carbocycles. The first-order chi connectivity index (χ1) is 7.69. The van der Waals surface area contributed by atoms with Gasteiger partial charge in [-0.3, -0.25) is 0 Å². The molecule has 0 aromatic heterocycles. The van der Waals surface area contributed by atoms with Crippen molar-refractivity contribution in [2.24, 2.45) is 11.7 Å². The first-order valence-corrected chi connectivity index (χ1v) is 5.89. The quantitative estimate of drug-likeness (QED) is 0.848. The van der Waals surface area contributed by atoms with Crippen LogP contribution in [-0.4, -0.2) is 13.6 Å². The van der Waals surface area contributed by atoms with E-state index in [0.29, 0.717) is 6.54 Å². The zero-order valence-corrected chi connectivity index (χ0v) is 9.75. The topological polar surface area (TPSA) is 29.3 Å². The summed E-state index contributed by atoms with van der Waals surface area (Å²) < 4.78 is 13.3. The number of nitrogens with zero attached hydrogens (tertiary/aromatic N) is 1. The Hall–Kier alpha value is -1.09. The lowest BCUT2D eigenvalue weighted by Crippen LogP contribution is -2.29. The molecule has 3 heteroatoms. The lowest BCUT2D eigenvalue weighted by Gasteiger charge is -2.31. The predicted octanol–water partition coefficient (Wildman–Crippen LogP) is 2.52. The van der Waals surface area contributed by atoms with E-state index in [1.807, 2.05) is 13.1 Å². The van der Waals surface area contributed by atoms with Crippen LogP contribution in [0, 0.1) is 11.7 Å². The second-order valence-electron chi connectivity index (χ2n) is 4.70. The lowest BCUT2D eigenvalue weighted by molar-refractivity contribution is 0.321. The van der Waals surface area contributed by atoms with Crippen LogP contribution in [-0.2, 0) is 6.54 Å². The Morgan fingerprint density at radius 3 is 2.69 bits per heavy atom. The van der Waals surface area contributed by atoms with Gasteiger partial charge in [0.15, 0.2) is 0 Å². The van der Waals surface area contributed by atoms with Crippen molar-refractivity contribution in [2.75, 3.05) is 18.5 Å². The molecule has 16 heavy (non-hydrogen) atoms. The maximum atomic E-state index is 13.3. The van der Waals surface area contributed by atoms with Gasteiger partial charge in [-0.25, -0.2) is 4.39 Å². The van der Waals surface area contributed by atoms with Crippen LogP contribution in [0.5, 0.6) is 0 Å². The number of anilines is 1. The number of halogens is 1. The minimum atomic E-state index is -0.196. The molecule has 0 atom stereocenters. The molecule has 1 aromatic rings. The largest absolute Gasteiger partial charge is 0.374 e. The predicted molar refractivity (Wildman–Crippen MR) is 64.9 cm³/mol. The summed E-state index contributed by atoms with van der Waals surface area (Å²) in [5, 5.41) is 0. The number of benzene rings is 1. The highest BCUT2D eigenvalue weighted by molar-refractivity contribution is 5.48. The first-order valence-electron chi connectivity index (χ1n) is 5.89. The third-order valence-electron chi connectivity index (χ3n) is 3.38. The normalized spacial score (nSPS) is 15.9. The van der Waals surface area contributed by atoms with Gasteiger partial charge in [0.05, 0.1) is 0 Å². The van der Waals surface area contributed by atoms with E-state index in [1.165, 1.54) is 25.3 Å². The van der Waals surface area contributed by atoms with Gasteiger partial charge >= 0.3 is 0 Å². The Morgan fingerprint density at radius 1 is 1.38 bits per heavy atom. The highest BCUT2D eigenvalue weighted by Gasteiger charge is 2.19. The molecule has 88 valence electrons. The summed E-state index contributed by atoms with van der Waals surface area (Å²) in [6.45, 7) is 1.41. The van der Waals surface area contributed by atoms with E-state index >= 15 is 0 Å². The molecular formula is C13H19FN2. The fourth-order valence-corrected chi connectivity index (χ4v) is 2.14. The highest BCUT2D eigenvalue weighted by Crippen LogP contribution is 2.28. The fourth-order valence-electron chi connectivity index (χ4n) is 2.14. The molecule has 1 fully saturated rings. The summed E-state index contributed by atoms with van der Waals surface area (Å²) in [4.78, 5) is 2.13. The molecular weight excluding hydrogens is 203 g/mol. The van der Waals surface area contributed by atoms with E-state index < -0.39 is 0 Å². The molecule has 0 spiro atoms. The van der Waals surface area contributed by atoms with Crippen LogP contribution in [0.3, 0.4) is 0 Å². The van der Waals surface area contributed by atoms with Crippen molar-refractivity contribution in [3.8, 4) is 0 Å². The van der Waals surface area contributed by atoms with Crippen molar-refractivity contribution in [3.63, 3.8) is 0 Å². The summed E-state index contributed by atoms with van der Waals surface area (Å²) in [5.74, 6) is 0.591. The summed E-state index contributed by atoms with van der Waals surface area (Å²) in [7, 11) is 2.02. The van der Waals surface area contributed by atoms with Crippen molar-refractivity contribution in [3.05, 3.63) is 29.6 Å². The third kappa shape index (κ3) is 2.53. The SMILES string of the molecule is CN(CC1CCC1)c1cc(F)cc(CN)c1. The Kier molecular flexibility index (Phi) is 3.44. The lowest BCUT2D eigenvalue weighted by atomic mass is 9.85. The number of hydrogen-bond donors (Lipinski definition) is 1. The van der Waals surface area contributed by atoms with Crippen molar-refractivity contribution in [2.45, 2.75) is 25.8 Å². The van der Waals surface area contributed by atoms with Gasteiger partial charge in [-0.2, -0.15) is 0 Å². The highest BCUT2D eigenvalue weighted by atomic mass is 19.1. The standard InChI is InChI=1S/C13H19FN2/c1-16(9-10-3-2-4-10)13-6-11(8-15)5-12(14)7-13/h5-7,10H,2-4,8-9,15H2,1H3. The van der Waals surface area contributed by atoms with Gasteiger partial charge in [0, 0.05) is 25.8 Å². The number of rotatable bonds is 4. The van der Waals surface area contributed by atoms with Crippen molar-refractivity contribution in [1.82, 2.24) is 0 Å². The van der Waals surface area contributed by atoms with Crippen LogP contribution in [0.15, 0.2) is 18.2 Å². The fraction of sp³-hybridized carbons (Fsp3) is 0.538. The second-order valence-corrected chi connectivity index (χ2v) is 4.70. The van der Waals surface area contributed by atoms with Crippen LogP contribution in [0.4, 0.5) is 10.1 Å². The first kappa shape index (κ1) is 11.4.